The molecule has 11 N–H and O–H groups in total. The number of benzene rings is 9. The van der Waals surface area contributed by atoms with E-state index in [1.807, 2.05) is 79.0 Å². The van der Waals surface area contributed by atoms with Crippen LogP contribution in [-0.2, 0) is 0 Å². The van der Waals surface area contributed by atoms with E-state index in [0.717, 1.165) is 110 Å². The lowest BCUT2D eigenvalue weighted by Crippen LogP contribution is -2.22. The van der Waals surface area contributed by atoms with Gasteiger partial charge in [0.05, 0.1) is 112 Å². The average molecular weight is 1800 g/mol. The summed E-state index contributed by atoms with van der Waals surface area (Å²) in [4.78, 5) is 65.5. The van der Waals surface area contributed by atoms with Crippen LogP contribution in [0.4, 0.5) is 39.8 Å². The van der Waals surface area contributed by atoms with E-state index in [4.69, 9.17) is 53.7 Å². The summed E-state index contributed by atoms with van der Waals surface area (Å²) in [6.07, 6.45) is 34.1. The van der Waals surface area contributed by atoms with Gasteiger partial charge in [-0.05, 0) is 189 Å². The number of nitro benzene ring substituents is 3. The Bertz CT molecular complexity index is 6470. The lowest BCUT2D eigenvalue weighted by molar-refractivity contribution is -0.384. The van der Waals surface area contributed by atoms with Crippen molar-refractivity contribution in [2.45, 2.75) is 191 Å². The van der Waals surface area contributed by atoms with Gasteiger partial charge in [0.1, 0.15) is 22.2 Å². The summed E-state index contributed by atoms with van der Waals surface area (Å²) in [6, 6.07) is 62.3. The van der Waals surface area contributed by atoms with Gasteiger partial charge in [-0.15, -0.1) is 30.6 Å². The second-order valence-electron chi connectivity index (χ2n) is 32.7. The van der Waals surface area contributed by atoms with E-state index in [2.05, 4.69) is 141 Å². The maximum Gasteiger partial charge on any atom is 0.335 e. The topological polar surface area (TPSA) is 535 Å². The summed E-state index contributed by atoms with van der Waals surface area (Å²) >= 11 is 5.50. The second kappa shape index (κ2) is 45.9. The van der Waals surface area contributed by atoms with Crippen molar-refractivity contribution in [3.63, 3.8) is 0 Å². The van der Waals surface area contributed by atoms with Crippen molar-refractivity contribution < 1.29 is 24.7 Å². The van der Waals surface area contributed by atoms with Crippen molar-refractivity contribution in [2.75, 3.05) is 21.7 Å². The fraction of sp³-hybridized carbons (Fsp3) is 0.316. The van der Waals surface area contributed by atoms with Gasteiger partial charge in [0.25, 0.3) is 17.1 Å². The minimum Gasteiger partial charge on any atom is -0.478 e. The number of nitrogens with two attached hydrogens (primary N) is 2. The molecule has 0 saturated heterocycles. The number of anilines is 4. The first-order valence-electron chi connectivity index (χ1n) is 44.3. The molecule has 0 aliphatic heterocycles. The minimum atomic E-state index is -0.962. The van der Waals surface area contributed by atoms with Gasteiger partial charge in [0.2, 0.25) is 17.5 Å². The zero-order chi connectivity index (χ0) is 92.1. The molecule has 132 heavy (non-hydrogen) atoms. The first-order valence-corrected chi connectivity index (χ1v) is 44.6. The molecular weight excluding hydrogens is 1700 g/mol. The van der Waals surface area contributed by atoms with Crippen molar-refractivity contribution in [2.24, 2.45) is 5.73 Å². The summed E-state index contributed by atoms with van der Waals surface area (Å²) in [5.74, 6) is 1.49. The van der Waals surface area contributed by atoms with Crippen molar-refractivity contribution in [1.29, 1.82) is 10.5 Å². The number of halogens is 1. The molecule has 20 rings (SSSR count). The monoisotopic (exact) mass is 1790 g/mol. The smallest absolute Gasteiger partial charge is 0.335 e. The van der Waals surface area contributed by atoms with E-state index in [9.17, 15) is 35.1 Å². The largest absolute Gasteiger partial charge is 0.478 e. The van der Waals surface area contributed by atoms with E-state index < -0.39 is 15.8 Å². The van der Waals surface area contributed by atoms with Gasteiger partial charge in [-0.3, -0.25) is 40.3 Å². The van der Waals surface area contributed by atoms with Gasteiger partial charge >= 0.3 is 5.97 Å². The van der Waals surface area contributed by atoms with Crippen LogP contribution < -0.4 is 27.4 Å². The SMILES string of the molecule is N#Cc1ccc(Cl)c([N+](=O)[O-])c1.N#Cc1ccc(NC2CCCCC2)c([N+](=O)[O-])c1.NC1CCCCC1.Nc1cc(-c2nn[nH]n2)ccc1NC1CCCCC1.O=C(O)c1ccc2nc(-c3ccccc3)cnc2c1.O=[N+]([O-])c1cc(-c2nn[nH]n2)ccc1NC1CCCCC1.c1ccc(-c2cnc3cc(-c4nc5cc(-c6nn[nH]n6)ccc5n4C4CCCCC4)ccc3n2)cc1. The molecule has 37 heteroatoms. The predicted molar refractivity (Wildman–Crippen MR) is 504 cm³/mol. The van der Waals surface area contributed by atoms with Crippen molar-refractivity contribution >= 4 is 90.5 Å². The number of carboxylic acid groups (broad SMARTS) is 1. The number of fused-ring (bicyclic) bond motifs is 3. The molecular formula is C95H99ClN28O8. The Balaban J connectivity index is 0.000000129. The van der Waals surface area contributed by atoms with Gasteiger partial charge in [0.15, 0.2) is 0 Å². The fourth-order valence-electron chi connectivity index (χ4n) is 16.7. The number of nitriles is 2. The lowest BCUT2D eigenvalue weighted by atomic mass is 9.94. The molecule has 0 radical (unpaired) electrons. The Morgan fingerprint density at radius 2 is 0.841 bits per heavy atom. The Morgan fingerprint density at radius 3 is 1.30 bits per heavy atom. The van der Waals surface area contributed by atoms with Crippen LogP contribution in [0.15, 0.2) is 200 Å². The highest BCUT2D eigenvalue weighted by atomic mass is 35.5. The highest BCUT2D eigenvalue weighted by Gasteiger charge is 2.27. The molecule has 6 heterocycles. The summed E-state index contributed by atoms with van der Waals surface area (Å²) in [5.41, 5.74) is 27.2. The van der Waals surface area contributed by atoms with Gasteiger partial charge in [-0.25, -0.2) is 19.7 Å². The van der Waals surface area contributed by atoms with Crippen molar-refractivity contribution in [1.82, 2.24) is 91.4 Å². The Hall–Kier alpha value is -15.6. The molecule has 5 saturated carbocycles. The number of H-pyrrole nitrogens is 3. The summed E-state index contributed by atoms with van der Waals surface area (Å²) < 4.78 is 2.43. The standard InChI is InChI=1S/C28H24N8.C15H10N2O2.C13H16N6O2.C13H18N6.C13H15N3O2.C7H3ClN2O2.C6H13N/c1-3-7-18(8-4-1)25-17-29-23-16-20(11-13-22(23)30-25)28-31-24-15-19(27-32-34-35-33-27)12-14-26(24)36(28)21-9-5-2-6-10-21;18-15(19)11-6-7-12-13(8-11)16-9-14(17-12)10-4-2-1-3-5-10;20-19(21)12-8-9(13-15-17-18-16-13)6-7-11(12)14-10-4-2-1-3-5-10;14-11-8-9(13-16-18-19-17-13)6-7-12(11)15-10-4-2-1-3-5-10;14-9-10-6-7-12(13(8-10)16(17)18)15-11-4-2-1-3-5-11;8-6-2-1-5(4-9)3-7(6)10(11)12;7-6-4-2-1-3-5-6/h1,3-4,7-8,11-17,21H,2,5-6,9-10H2,(H,32,33,34,35);1-9H,(H,18,19);6-8,10,14H,1-5H2,(H,15,16,17,18);6-8,10,15H,1-5,14H2,(H,16,17,18,19);6-8,11,15H,1-5H2;1-3H;6H,1-5,7H2. The number of hydrogen-bond donors (Lipinski definition) is 9. The predicted octanol–water partition coefficient (Wildman–Crippen LogP) is 20.3. The number of imidazole rings is 1. The molecule has 674 valence electrons. The van der Waals surface area contributed by atoms with Crippen molar-refractivity contribution in [3.8, 4) is 80.2 Å². The molecule has 0 atom stereocenters. The third kappa shape index (κ3) is 25.1. The highest BCUT2D eigenvalue weighted by molar-refractivity contribution is 6.32. The molecule has 36 nitrogen and oxygen atoms in total. The van der Waals surface area contributed by atoms with Gasteiger partial charge in [-0.1, -0.05) is 169 Å². The number of aromatic carboxylic acids is 1. The molecule has 9 aromatic carbocycles. The minimum absolute atomic E-state index is 0.0142. The molecule has 5 aliphatic carbocycles. The van der Waals surface area contributed by atoms with Gasteiger partial charge < -0.3 is 37.1 Å². The van der Waals surface area contributed by atoms with E-state index in [-0.39, 0.29) is 38.1 Å². The van der Waals surface area contributed by atoms with E-state index in [0.29, 0.717) is 81.2 Å². The number of aromatic nitrogens is 18. The van der Waals surface area contributed by atoms with Gasteiger partial charge in [-0.2, -0.15) is 26.2 Å². The molecule has 5 fully saturated rings. The number of nitrogen functional groups attached to an aromatic ring is 1. The van der Waals surface area contributed by atoms with Crippen LogP contribution in [-0.4, -0.2) is 141 Å². The van der Waals surface area contributed by atoms with E-state index in [1.165, 1.54) is 171 Å². The molecule has 0 amide bonds. The first-order chi connectivity index (χ1) is 64.4. The van der Waals surface area contributed by atoms with Crippen LogP contribution in [0, 0.1) is 53.0 Å². The third-order valence-corrected chi connectivity index (χ3v) is 23.9. The lowest BCUT2D eigenvalue weighted by Gasteiger charge is -2.25. The second-order valence-corrected chi connectivity index (χ2v) is 33.1. The zero-order valence-corrected chi connectivity index (χ0v) is 73.2. The van der Waals surface area contributed by atoms with Crippen LogP contribution in [0.3, 0.4) is 0 Å². The maximum absolute atomic E-state index is 11.3. The molecule has 15 aromatic rings. The number of hydrogen-bond acceptors (Lipinski definition) is 28. The summed E-state index contributed by atoms with van der Waals surface area (Å²) in [6.45, 7) is 0. The molecule has 5 aliphatic rings. The third-order valence-electron chi connectivity index (χ3n) is 23.6. The quantitative estimate of drug-likeness (QED) is 0.0232. The normalized spacial score (nSPS) is 14.7. The summed E-state index contributed by atoms with van der Waals surface area (Å²) in [7, 11) is 0. The Kier molecular flexibility index (Phi) is 32.2. The number of rotatable bonds is 17. The number of carbonyl (C=O) groups is 1. The Morgan fingerprint density at radius 1 is 0.432 bits per heavy atom. The number of nitrogens with one attached hydrogen (secondary N) is 6. The van der Waals surface area contributed by atoms with Crippen LogP contribution in [0.5, 0.6) is 0 Å². The first kappa shape index (κ1) is 92.6. The highest BCUT2D eigenvalue weighted by Crippen LogP contribution is 2.40. The number of carboxylic acids is 1. The van der Waals surface area contributed by atoms with Gasteiger partial charge in [0, 0.05) is 81.8 Å². The van der Waals surface area contributed by atoms with Crippen LogP contribution in [0.25, 0.3) is 101 Å². The Labute approximate surface area is 763 Å². The average Bonchev–Trinajstić information content (AvgIpc) is 1.60. The van der Waals surface area contributed by atoms with E-state index in [1.54, 1.807) is 42.6 Å². The maximum atomic E-state index is 11.3. The zero-order valence-electron chi connectivity index (χ0n) is 72.4. The van der Waals surface area contributed by atoms with Crippen LogP contribution >= 0.6 is 11.6 Å². The molecule has 0 unspecified atom stereocenters. The molecule has 0 spiro atoms. The van der Waals surface area contributed by atoms with Crippen LogP contribution in [0.2, 0.25) is 5.02 Å². The molecule has 6 aromatic heterocycles. The number of nitrogens with zero attached hydrogens (tertiary/aromatic N) is 20. The fourth-order valence-corrected chi connectivity index (χ4v) is 16.9. The van der Waals surface area contributed by atoms with Crippen molar-refractivity contribution in [3.05, 3.63) is 253 Å². The number of nitro groups is 3. The summed E-state index contributed by atoms with van der Waals surface area (Å²) in [5, 5.41) is 111. The number of aromatic amines is 3. The molecule has 0 bridgehead atoms. The van der Waals surface area contributed by atoms with E-state index >= 15 is 0 Å². The number of tetrazole rings is 3. The van der Waals surface area contributed by atoms with Crippen LogP contribution in [0.1, 0.15) is 188 Å².